The maximum atomic E-state index is 5.94. The molecule has 0 bridgehead atoms. The van der Waals surface area contributed by atoms with Gasteiger partial charge < -0.3 is 20.7 Å². The molecule has 1 aliphatic rings. The number of hydrogen-bond donors (Lipinski definition) is 2. The van der Waals surface area contributed by atoms with Crippen LogP contribution >= 0.6 is 0 Å². The van der Waals surface area contributed by atoms with Crippen LogP contribution in [0.4, 0.5) is 11.4 Å². The Kier molecular flexibility index (Phi) is 4.76. The third-order valence-corrected chi connectivity index (χ3v) is 4.33. The molecule has 0 unspecified atom stereocenters. The average Bonchev–Trinajstić information content (AvgIpc) is 2.37. The second-order valence-electron chi connectivity index (χ2n) is 5.93. The van der Waals surface area contributed by atoms with E-state index in [9.17, 15) is 0 Å². The summed E-state index contributed by atoms with van der Waals surface area (Å²) in [7, 11) is 4.33. The molecule has 1 aromatic rings. The van der Waals surface area contributed by atoms with E-state index >= 15 is 0 Å². The molecule has 0 amide bonds. The largest absolute Gasteiger partial charge is 0.491 e. The van der Waals surface area contributed by atoms with E-state index in [1.165, 1.54) is 19.3 Å². The molecule has 0 atom stereocenters. The van der Waals surface area contributed by atoms with Crippen molar-refractivity contribution in [1.82, 2.24) is 4.90 Å². The minimum atomic E-state index is 0.311. The van der Waals surface area contributed by atoms with E-state index in [1.54, 1.807) is 0 Å². The van der Waals surface area contributed by atoms with Crippen LogP contribution in [0, 0.1) is 0 Å². The molecule has 4 heteroatoms. The van der Waals surface area contributed by atoms with Gasteiger partial charge in [-0.15, -0.1) is 0 Å². The number of nitrogens with two attached hydrogens (primary N) is 1. The maximum absolute atomic E-state index is 5.94. The Morgan fingerprint density at radius 1 is 1.35 bits per heavy atom. The Morgan fingerprint density at radius 3 is 2.65 bits per heavy atom. The monoisotopic (exact) mass is 277 g/mol. The van der Waals surface area contributed by atoms with Gasteiger partial charge in [-0.2, -0.15) is 0 Å². The Bertz CT molecular complexity index is 441. The van der Waals surface area contributed by atoms with E-state index in [0.29, 0.717) is 17.8 Å². The predicted molar refractivity (Wildman–Crippen MR) is 85.4 cm³/mol. The zero-order valence-electron chi connectivity index (χ0n) is 12.9. The molecule has 0 aliphatic heterocycles. The molecule has 0 saturated heterocycles. The molecule has 2 rings (SSSR count). The smallest absolute Gasteiger partial charge is 0.144 e. The molecule has 0 heterocycles. The first kappa shape index (κ1) is 15.0. The van der Waals surface area contributed by atoms with E-state index < -0.39 is 0 Å². The summed E-state index contributed by atoms with van der Waals surface area (Å²) in [4.78, 5) is 2.34. The quantitative estimate of drug-likeness (QED) is 0.752. The highest BCUT2D eigenvalue weighted by atomic mass is 16.5. The molecule has 1 aromatic carbocycles. The van der Waals surface area contributed by atoms with Crippen molar-refractivity contribution in [3.8, 4) is 5.75 Å². The zero-order valence-corrected chi connectivity index (χ0v) is 12.9. The summed E-state index contributed by atoms with van der Waals surface area (Å²) in [5.74, 6) is 0.782. The lowest BCUT2D eigenvalue weighted by atomic mass is 9.75. The summed E-state index contributed by atoms with van der Waals surface area (Å²) >= 11 is 0. The van der Waals surface area contributed by atoms with Crippen molar-refractivity contribution in [2.24, 2.45) is 0 Å². The standard InChI is InChI=1S/C16H27N3O/c1-4-10-20-15-11-13(6-7-14(15)17)18-12-16(19(2)3)8-5-9-16/h6-7,11,18H,4-5,8-10,12,17H2,1-3H3. The third kappa shape index (κ3) is 3.18. The molecule has 0 aromatic heterocycles. The van der Waals surface area contributed by atoms with Crippen LogP contribution in [-0.4, -0.2) is 37.7 Å². The topological polar surface area (TPSA) is 50.5 Å². The number of nitrogen functional groups attached to an aromatic ring is 1. The van der Waals surface area contributed by atoms with Gasteiger partial charge in [0.15, 0.2) is 0 Å². The fourth-order valence-electron chi connectivity index (χ4n) is 2.61. The van der Waals surface area contributed by atoms with Gasteiger partial charge in [0.25, 0.3) is 0 Å². The van der Waals surface area contributed by atoms with Gasteiger partial charge in [-0.05, 0) is 51.9 Å². The van der Waals surface area contributed by atoms with Crippen LogP contribution in [0.15, 0.2) is 18.2 Å². The summed E-state index contributed by atoms with van der Waals surface area (Å²) in [5.41, 5.74) is 8.03. The molecule has 1 fully saturated rings. The number of nitrogens with zero attached hydrogens (tertiary/aromatic N) is 1. The van der Waals surface area contributed by atoms with Crippen molar-refractivity contribution in [1.29, 1.82) is 0 Å². The SMILES string of the molecule is CCCOc1cc(NCC2(N(C)C)CCC2)ccc1N. The molecule has 1 aliphatic carbocycles. The molecular formula is C16H27N3O. The van der Waals surface area contributed by atoms with Gasteiger partial charge in [-0.1, -0.05) is 6.92 Å². The number of anilines is 2. The first-order valence-electron chi connectivity index (χ1n) is 7.51. The number of nitrogens with one attached hydrogen (secondary N) is 1. The average molecular weight is 277 g/mol. The van der Waals surface area contributed by atoms with Gasteiger partial charge in [-0.3, -0.25) is 0 Å². The Balaban J connectivity index is 1.99. The summed E-state index contributed by atoms with van der Waals surface area (Å²) < 4.78 is 5.67. The van der Waals surface area contributed by atoms with Gasteiger partial charge in [0.05, 0.1) is 12.3 Å². The van der Waals surface area contributed by atoms with Crippen LogP contribution in [0.5, 0.6) is 5.75 Å². The van der Waals surface area contributed by atoms with Crippen LogP contribution in [-0.2, 0) is 0 Å². The molecule has 0 radical (unpaired) electrons. The van der Waals surface area contributed by atoms with Gasteiger partial charge in [0.1, 0.15) is 5.75 Å². The van der Waals surface area contributed by atoms with Crippen LogP contribution < -0.4 is 15.8 Å². The minimum absolute atomic E-state index is 0.311. The lowest BCUT2D eigenvalue weighted by Gasteiger charge is -2.47. The third-order valence-electron chi connectivity index (χ3n) is 4.33. The summed E-state index contributed by atoms with van der Waals surface area (Å²) in [6.45, 7) is 3.77. The fourth-order valence-corrected chi connectivity index (χ4v) is 2.61. The second kappa shape index (κ2) is 6.35. The molecule has 4 nitrogen and oxygen atoms in total. The highest BCUT2D eigenvalue weighted by Gasteiger charge is 2.38. The van der Waals surface area contributed by atoms with E-state index in [4.69, 9.17) is 10.5 Å². The van der Waals surface area contributed by atoms with Gasteiger partial charge >= 0.3 is 0 Å². The van der Waals surface area contributed by atoms with Crippen molar-refractivity contribution in [3.05, 3.63) is 18.2 Å². The minimum Gasteiger partial charge on any atom is -0.491 e. The van der Waals surface area contributed by atoms with E-state index in [0.717, 1.165) is 24.4 Å². The zero-order chi connectivity index (χ0) is 14.6. The van der Waals surface area contributed by atoms with E-state index in [2.05, 4.69) is 31.2 Å². The first-order valence-corrected chi connectivity index (χ1v) is 7.51. The highest BCUT2D eigenvalue weighted by molar-refractivity contribution is 5.61. The Morgan fingerprint density at radius 2 is 2.10 bits per heavy atom. The van der Waals surface area contributed by atoms with Gasteiger partial charge in [0, 0.05) is 23.8 Å². The summed E-state index contributed by atoms with van der Waals surface area (Å²) in [5, 5.41) is 3.54. The van der Waals surface area contributed by atoms with Crippen molar-refractivity contribution >= 4 is 11.4 Å². The van der Waals surface area contributed by atoms with Crippen LogP contribution in [0.25, 0.3) is 0 Å². The molecule has 112 valence electrons. The number of likely N-dealkylation sites (N-methyl/N-ethyl adjacent to an activating group) is 1. The molecule has 20 heavy (non-hydrogen) atoms. The Hall–Kier alpha value is -1.42. The number of rotatable bonds is 7. The molecule has 1 saturated carbocycles. The van der Waals surface area contributed by atoms with E-state index in [1.807, 2.05) is 18.2 Å². The normalized spacial score (nSPS) is 16.8. The molecular weight excluding hydrogens is 250 g/mol. The highest BCUT2D eigenvalue weighted by Crippen LogP contribution is 2.36. The lowest BCUT2D eigenvalue weighted by molar-refractivity contribution is 0.0739. The van der Waals surface area contributed by atoms with Crippen molar-refractivity contribution in [2.75, 3.05) is 38.3 Å². The second-order valence-corrected chi connectivity index (χ2v) is 5.93. The van der Waals surface area contributed by atoms with Gasteiger partial charge in [0.2, 0.25) is 0 Å². The van der Waals surface area contributed by atoms with Crippen molar-refractivity contribution in [3.63, 3.8) is 0 Å². The molecule has 0 spiro atoms. The van der Waals surface area contributed by atoms with Crippen LogP contribution in [0.3, 0.4) is 0 Å². The van der Waals surface area contributed by atoms with E-state index in [-0.39, 0.29) is 0 Å². The van der Waals surface area contributed by atoms with Gasteiger partial charge in [-0.25, -0.2) is 0 Å². The summed E-state index contributed by atoms with van der Waals surface area (Å²) in [6, 6.07) is 5.94. The first-order chi connectivity index (χ1) is 9.57. The number of benzene rings is 1. The van der Waals surface area contributed by atoms with Crippen molar-refractivity contribution < 1.29 is 4.74 Å². The predicted octanol–water partition coefficient (Wildman–Crippen LogP) is 2.95. The van der Waals surface area contributed by atoms with Crippen LogP contribution in [0.1, 0.15) is 32.6 Å². The maximum Gasteiger partial charge on any atom is 0.144 e. The van der Waals surface area contributed by atoms with Crippen molar-refractivity contribution in [2.45, 2.75) is 38.1 Å². The lowest BCUT2D eigenvalue weighted by Crippen LogP contribution is -2.54. The van der Waals surface area contributed by atoms with Crippen LogP contribution in [0.2, 0.25) is 0 Å². The number of ether oxygens (including phenoxy) is 1. The summed E-state index contributed by atoms with van der Waals surface area (Å²) in [6.07, 6.45) is 4.84. The molecule has 3 N–H and O–H groups in total. The Labute approximate surface area is 122 Å². The fraction of sp³-hybridized carbons (Fsp3) is 0.625. The number of hydrogen-bond acceptors (Lipinski definition) is 4.